The van der Waals surface area contributed by atoms with Crippen LogP contribution >= 0.6 is 48.6 Å². The minimum absolute atomic E-state index is 0. The molecule has 1 fully saturated rings. The topological polar surface area (TPSA) is 28.2 Å². The Morgan fingerprint density at radius 3 is 2.29 bits per heavy atom. The summed E-state index contributed by atoms with van der Waals surface area (Å²) in [5.74, 6) is 0.582. The van der Waals surface area contributed by atoms with Crippen LogP contribution in [0, 0.1) is 0 Å². The normalized spacial score (nSPS) is 14.5. The van der Waals surface area contributed by atoms with Crippen LogP contribution in [-0.2, 0) is 6.54 Å². The van der Waals surface area contributed by atoms with Gasteiger partial charge in [0.2, 0.25) is 0 Å². The lowest BCUT2D eigenvalue weighted by Crippen LogP contribution is -2.42. The Bertz CT molecular complexity index is 581. The molecule has 0 spiro atoms. The lowest BCUT2D eigenvalue weighted by atomic mass is 10.0. The molecule has 136 valence electrons. The Kier molecular flexibility index (Phi) is 11.1. The van der Waals surface area contributed by atoms with Gasteiger partial charge in [0, 0.05) is 43.7 Å². The van der Waals surface area contributed by atoms with Gasteiger partial charge in [0.15, 0.2) is 0 Å². The summed E-state index contributed by atoms with van der Waals surface area (Å²) in [6.07, 6.45) is 0. The largest absolute Gasteiger partial charge is 0.314 e. The predicted octanol–water partition coefficient (Wildman–Crippen LogP) is 4.60. The molecule has 0 aliphatic carbocycles. The zero-order valence-corrected chi connectivity index (χ0v) is 17.3. The Labute approximate surface area is 167 Å². The fourth-order valence-electron chi connectivity index (χ4n) is 2.62. The molecule has 2 heterocycles. The first-order valence-corrected chi connectivity index (χ1v) is 8.58. The summed E-state index contributed by atoms with van der Waals surface area (Å²) < 4.78 is 0. The van der Waals surface area contributed by atoms with E-state index in [1.54, 1.807) is 11.3 Å². The third-order valence-electron chi connectivity index (χ3n) is 3.97. The molecule has 0 atom stereocenters. The molecule has 0 bridgehead atoms. The quantitative estimate of drug-likeness (QED) is 0.798. The molecule has 0 radical (unpaired) electrons. The standard InChI is InChI=1S/C17H23N3S.3ClH/c1-13(2)14-3-5-15(6-4-14)17-19-16(12-21-17)11-20-9-7-18-8-10-20;;;/h3-6,12-13,18H,7-11H2,1-2H3;3*1H. The van der Waals surface area contributed by atoms with Gasteiger partial charge in [-0.1, -0.05) is 38.1 Å². The van der Waals surface area contributed by atoms with Gasteiger partial charge in [-0.05, 0) is 11.5 Å². The number of nitrogens with one attached hydrogen (secondary N) is 1. The predicted molar refractivity (Wildman–Crippen MR) is 112 cm³/mol. The van der Waals surface area contributed by atoms with Crippen LogP contribution in [0.1, 0.15) is 31.0 Å². The number of benzene rings is 1. The van der Waals surface area contributed by atoms with E-state index in [0.717, 1.165) is 37.7 Å². The van der Waals surface area contributed by atoms with Crippen molar-refractivity contribution in [2.24, 2.45) is 0 Å². The average Bonchev–Trinajstić information content (AvgIpc) is 2.97. The summed E-state index contributed by atoms with van der Waals surface area (Å²) in [6, 6.07) is 8.83. The Hall–Kier alpha value is -0.360. The number of aromatic nitrogens is 1. The van der Waals surface area contributed by atoms with Gasteiger partial charge in [0.1, 0.15) is 5.01 Å². The van der Waals surface area contributed by atoms with Gasteiger partial charge in [-0.3, -0.25) is 4.90 Å². The monoisotopic (exact) mass is 409 g/mol. The Morgan fingerprint density at radius 2 is 1.71 bits per heavy atom. The molecule has 0 amide bonds. The number of hydrogen-bond acceptors (Lipinski definition) is 4. The van der Waals surface area contributed by atoms with Crippen LogP contribution in [0.3, 0.4) is 0 Å². The highest BCUT2D eigenvalue weighted by molar-refractivity contribution is 7.13. The fourth-order valence-corrected chi connectivity index (χ4v) is 3.44. The number of halogens is 3. The molecule has 1 aromatic carbocycles. The van der Waals surface area contributed by atoms with Gasteiger partial charge in [-0.2, -0.15) is 0 Å². The molecular weight excluding hydrogens is 385 g/mol. The number of hydrogen-bond donors (Lipinski definition) is 1. The van der Waals surface area contributed by atoms with Crippen molar-refractivity contribution < 1.29 is 0 Å². The maximum atomic E-state index is 4.81. The van der Waals surface area contributed by atoms with Gasteiger partial charge in [0.05, 0.1) is 5.69 Å². The second kappa shape index (κ2) is 11.3. The zero-order valence-electron chi connectivity index (χ0n) is 14.0. The van der Waals surface area contributed by atoms with Gasteiger partial charge in [-0.15, -0.1) is 48.6 Å². The first-order valence-electron chi connectivity index (χ1n) is 7.70. The molecule has 0 unspecified atom stereocenters. The number of piperazine rings is 1. The molecule has 24 heavy (non-hydrogen) atoms. The molecule has 1 aromatic heterocycles. The van der Waals surface area contributed by atoms with E-state index in [2.05, 4.69) is 53.7 Å². The van der Waals surface area contributed by atoms with Crippen LogP contribution in [0.25, 0.3) is 10.6 Å². The molecule has 2 aromatic rings. The van der Waals surface area contributed by atoms with E-state index in [0.29, 0.717) is 5.92 Å². The first kappa shape index (κ1) is 23.6. The van der Waals surface area contributed by atoms with Crippen LogP contribution in [0.2, 0.25) is 0 Å². The van der Waals surface area contributed by atoms with E-state index < -0.39 is 0 Å². The first-order chi connectivity index (χ1) is 10.2. The van der Waals surface area contributed by atoms with Crippen LogP contribution in [0.5, 0.6) is 0 Å². The summed E-state index contributed by atoms with van der Waals surface area (Å²) in [7, 11) is 0. The molecular formula is C17H26Cl3N3S. The van der Waals surface area contributed by atoms with Crippen molar-refractivity contribution >= 4 is 48.6 Å². The average molecular weight is 411 g/mol. The van der Waals surface area contributed by atoms with Crippen LogP contribution in [0.4, 0.5) is 0 Å². The maximum Gasteiger partial charge on any atom is 0.123 e. The van der Waals surface area contributed by atoms with E-state index in [4.69, 9.17) is 4.98 Å². The lowest BCUT2D eigenvalue weighted by Gasteiger charge is -2.26. The van der Waals surface area contributed by atoms with E-state index in [-0.39, 0.29) is 37.2 Å². The fraction of sp³-hybridized carbons (Fsp3) is 0.471. The highest BCUT2D eigenvalue weighted by Gasteiger charge is 2.12. The van der Waals surface area contributed by atoms with Crippen molar-refractivity contribution in [2.45, 2.75) is 26.3 Å². The summed E-state index contributed by atoms with van der Waals surface area (Å²) in [5, 5.41) is 6.72. The maximum absolute atomic E-state index is 4.81. The minimum Gasteiger partial charge on any atom is -0.314 e. The molecule has 1 aliphatic rings. The molecule has 3 nitrogen and oxygen atoms in total. The summed E-state index contributed by atoms with van der Waals surface area (Å²) in [6.45, 7) is 9.85. The van der Waals surface area contributed by atoms with Gasteiger partial charge in [0.25, 0.3) is 0 Å². The van der Waals surface area contributed by atoms with E-state index in [1.807, 2.05) is 0 Å². The van der Waals surface area contributed by atoms with Gasteiger partial charge in [-0.25, -0.2) is 4.98 Å². The van der Waals surface area contributed by atoms with E-state index in [9.17, 15) is 0 Å². The van der Waals surface area contributed by atoms with Crippen molar-refractivity contribution in [2.75, 3.05) is 26.2 Å². The summed E-state index contributed by atoms with van der Waals surface area (Å²) in [4.78, 5) is 7.27. The van der Waals surface area contributed by atoms with Crippen molar-refractivity contribution in [3.8, 4) is 10.6 Å². The number of rotatable bonds is 4. The van der Waals surface area contributed by atoms with Crippen LogP contribution in [0.15, 0.2) is 29.6 Å². The summed E-state index contributed by atoms with van der Waals surface area (Å²) >= 11 is 1.75. The molecule has 1 aliphatic heterocycles. The Morgan fingerprint density at radius 1 is 1.08 bits per heavy atom. The lowest BCUT2D eigenvalue weighted by molar-refractivity contribution is 0.231. The van der Waals surface area contributed by atoms with Gasteiger partial charge >= 0.3 is 0 Å². The second-order valence-corrected chi connectivity index (χ2v) is 6.80. The number of thiazole rings is 1. The van der Waals surface area contributed by atoms with Crippen LogP contribution < -0.4 is 5.32 Å². The van der Waals surface area contributed by atoms with E-state index in [1.165, 1.54) is 16.8 Å². The SMILES string of the molecule is CC(C)c1ccc(-c2nc(CN3CCNCC3)cs2)cc1.Cl.Cl.Cl. The third kappa shape index (κ3) is 6.17. The third-order valence-corrected chi connectivity index (χ3v) is 4.91. The smallest absolute Gasteiger partial charge is 0.123 e. The summed E-state index contributed by atoms with van der Waals surface area (Å²) in [5.41, 5.74) is 3.82. The zero-order chi connectivity index (χ0) is 14.7. The van der Waals surface area contributed by atoms with Crippen molar-refractivity contribution in [1.29, 1.82) is 0 Å². The van der Waals surface area contributed by atoms with Crippen molar-refractivity contribution in [1.82, 2.24) is 15.2 Å². The van der Waals surface area contributed by atoms with Crippen LogP contribution in [-0.4, -0.2) is 36.1 Å². The highest BCUT2D eigenvalue weighted by atomic mass is 35.5. The van der Waals surface area contributed by atoms with E-state index >= 15 is 0 Å². The minimum atomic E-state index is 0. The highest BCUT2D eigenvalue weighted by Crippen LogP contribution is 2.26. The molecule has 0 saturated carbocycles. The molecule has 1 N–H and O–H groups in total. The molecule has 3 rings (SSSR count). The van der Waals surface area contributed by atoms with Gasteiger partial charge < -0.3 is 5.32 Å². The Balaban J connectivity index is 0.00000176. The molecule has 1 saturated heterocycles. The van der Waals surface area contributed by atoms with Crippen molar-refractivity contribution in [3.05, 3.63) is 40.9 Å². The number of nitrogens with zero attached hydrogens (tertiary/aromatic N) is 2. The molecule has 7 heteroatoms. The second-order valence-electron chi connectivity index (χ2n) is 5.95. The van der Waals surface area contributed by atoms with Crippen molar-refractivity contribution in [3.63, 3.8) is 0 Å².